The van der Waals surface area contributed by atoms with Crippen molar-refractivity contribution in [1.29, 1.82) is 0 Å². The molecule has 0 spiro atoms. The maximum atomic E-state index is 11.1. The van der Waals surface area contributed by atoms with Crippen molar-refractivity contribution in [2.75, 3.05) is 0 Å². The molecule has 1 rings (SSSR count). The molecule has 7 nitrogen and oxygen atoms in total. The predicted octanol–water partition coefficient (Wildman–Crippen LogP) is -3.64. The molecule has 2 atom stereocenters. The first-order chi connectivity index (χ1) is 5.52. The van der Waals surface area contributed by atoms with Gasteiger partial charge in [-0.15, -0.1) is 0 Å². The molecule has 1 heterocycles. The Morgan fingerprint density at radius 3 is 1.67 bits per heavy atom. The summed E-state index contributed by atoms with van der Waals surface area (Å²) >= 11 is 0. The zero-order chi connectivity index (χ0) is 9.30. The minimum Gasteiger partial charge on any atom is -0.382 e. The van der Waals surface area contributed by atoms with Gasteiger partial charge in [0, 0.05) is 0 Å². The van der Waals surface area contributed by atoms with Crippen molar-refractivity contribution in [1.82, 2.24) is 10.6 Å². The van der Waals surface area contributed by atoms with E-state index in [0.29, 0.717) is 0 Å². The normalized spacial score (nSPS) is 30.7. The number of carbonyl (C=O) groups is 1. The SMILES string of the molecule is NC1=C(N)NC(N)C(=O)C(N)N1. The maximum absolute atomic E-state index is 11.1. The fourth-order valence-corrected chi connectivity index (χ4v) is 0.826. The van der Waals surface area contributed by atoms with Gasteiger partial charge in [0.2, 0.25) is 5.78 Å². The minimum absolute atomic E-state index is 0.129. The molecule has 68 valence electrons. The summed E-state index contributed by atoms with van der Waals surface area (Å²) < 4.78 is 0. The van der Waals surface area contributed by atoms with Crippen LogP contribution in [0.5, 0.6) is 0 Å². The highest BCUT2D eigenvalue weighted by molar-refractivity contribution is 5.88. The third kappa shape index (κ3) is 1.41. The summed E-state index contributed by atoms with van der Waals surface area (Å²) in [4.78, 5) is 11.1. The zero-order valence-corrected chi connectivity index (χ0v) is 6.37. The molecule has 2 unspecified atom stereocenters. The zero-order valence-electron chi connectivity index (χ0n) is 6.37. The van der Waals surface area contributed by atoms with Crippen LogP contribution in [0.4, 0.5) is 0 Å². The molecule has 12 heavy (non-hydrogen) atoms. The molecule has 1 aliphatic heterocycles. The minimum atomic E-state index is -0.909. The first kappa shape index (κ1) is 8.62. The van der Waals surface area contributed by atoms with E-state index in [2.05, 4.69) is 10.6 Å². The Morgan fingerprint density at radius 2 is 1.33 bits per heavy atom. The topological polar surface area (TPSA) is 145 Å². The molecule has 0 saturated heterocycles. The Hall–Kier alpha value is -1.47. The van der Waals surface area contributed by atoms with Crippen LogP contribution in [0.1, 0.15) is 0 Å². The molecular formula is C5H12N6O. The molecule has 0 radical (unpaired) electrons. The van der Waals surface area contributed by atoms with Crippen molar-refractivity contribution >= 4 is 5.78 Å². The molecule has 0 amide bonds. The van der Waals surface area contributed by atoms with Crippen LogP contribution >= 0.6 is 0 Å². The molecule has 7 heteroatoms. The summed E-state index contributed by atoms with van der Waals surface area (Å²) in [6, 6.07) is 0. The first-order valence-corrected chi connectivity index (χ1v) is 3.35. The molecule has 0 bridgehead atoms. The molecule has 1 aliphatic rings. The van der Waals surface area contributed by atoms with E-state index in [1.165, 1.54) is 0 Å². The lowest BCUT2D eigenvalue weighted by Crippen LogP contribution is -2.53. The quantitative estimate of drug-likeness (QED) is 0.221. The molecule has 0 saturated carbocycles. The molecule has 0 aromatic rings. The van der Waals surface area contributed by atoms with E-state index in [4.69, 9.17) is 22.9 Å². The van der Waals surface area contributed by atoms with Crippen LogP contribution < -0.4 is 33.6 Å². The van der Waals surface area contributed by atoms with Crippen LogP contribution in [0.2, 0.25) is 0 Å². The predicted molar refractivity (Wildman–Crippen MR) is 42.6 cm³/mol. The van der Waals surface area contributed by atoms with Gasteiger partial charge in [0.25, 0.3) is 0 Å². The summed E-state index contributed by atoms with van der Waals surface area (Å²) in [6.07, 6.45) is -1.82. The fourth-order valence-electron chi connectivity index (χ4n) is 0.826. The summed E-state index contributed by atoms with van der Waals surface area (Å²) in [7, 11) is 0. The van der Waals surface area contributed by atoms with Crippen LogP contribution in [0.25, 0.3) is 0 Å². The van der Waals surface area contributed by atoms with E-state index in [-0.39, 0.29) is 11.6 Å². The maximum Gasteiger partial charge on any atom is 0.206 e. The second kappa shape index (κ2) is 2.88. The lowest BCUT2D eigenvalue weighted by Gasteiger charge is -2.12. The Bertz CT molecular complexity index is 214. The Morgan fingerprint density at radius 1 is 1.00 bits per heavy atom. The summed E-state index contributed by atoms with van der Waals surface area (Å²) in [6.45, 7) is 0. The van der Waals surface area contributed by atoms with Gasteiger partial charge >= 0.3 is 0 Å². The summed E-state index contributed by atoms with van der Waals surface area (Å²) in [5.41, 5.74) is 21.5. The van der Waals surface area contributed by atoms with Gasteiger partial charge in [-0.2, -0.15) is 0 Å². The molecular weight excluding hydrogens is 160 g/mol. The highest BCUT2D eigenvalue weighted by atomic mass is 16.1. The number of carbonyl (C=O) groups excluding carboxylic acids is 1. The van der Waals surface area contributed by atoms with E-state index in [1.54, 1.807) is 0 Å². The highest BCUT2D eigenvalue weighted by Crippen LogP contribution is 1.94. The smallest absolute Gasteiger partial charge is 0.206 e. The van der Waals surface area contributed by atoms with Crippen molar-refractivity contribution in [3.63, 3.8) is 0 Å². The van der Waals surface area contributed by atoms with Gasteiger partial charge < -0.3 is 33.6 Å². The Kier molecular flexibility index (Phi) is 2.07. The van der Waals surface area contributed by atoms with E-state index >= 15 is 0 Å². The fraction of sp³-hybridized carbons (Fsp3) is 0.400. The molecule has 10 N–H and O–H groups in total. The van der Waals surface area contributed by atoms with Gasteiger partial charge in [0.05, 0.1) is 0 Å². The van der Waals surface area contributed by atoms with Gasteiger partial charge in [-0.25, -0.2) is 0 Å². The number of ketones is 1. The first-order valence-electron chi connectivity index (χ1n) is 3.35. The lowest BCUT2D eigenvalue weighted by molar-refractivity contribution is -0.122. The average Bonchev–Trinajstić information content (AvgIpc) is 2.07. The van der Waals surface area contributed by atoms with Gasteiger partial charge in [0.1, 0.15) is 24.0 Å². The summed E-state index contributed by atoms with van der Waals surface area (Å²) in [5.74, 6) is -0.133. The van der Waals surface area contributed by atoms with Crippen molar-refractivity contribution in [3.05, 3.63) is 11.6 Å². The van der Waals surface area contributed by atoms with Crippen molar-refractivity contribution < 1.29 is 4.79 Å². The van der Waals surface area contributed by atoms with Gasteiger partial charge in [0.15, 0.2) is 0 Å². The highest BCUT2D eigenvalue weighted by Gasteiger charge is 2.25. The van der Waals surface area contributed by atoms with E-state index in [9.17, 15) is 4.79 Å². The summed E-state index contributed by atoms with van der Waals surface area (Å²) in [5, 5.41) is 4.98. The standard InChI is InChI=1S/C5H12N6O/c6-2-1(12)3(7)11-5(9)4(8)10-2/h2-3,10-11H,6-9H2. The number of Topliss-reactive ketones (excluding diaryl/α,β-unsaturated/α-hetero) is 1. The number of hydrogen-bond donors (Lipinski definition) is 6. The van der Waals surface area contributed by atoms with E-state index in [1.807, 2.05) is 0 Å². The van der Waals surface area contributed by atoms with Crippen LogP contribution in [-0.2, 0) is 4.79 Å². The largest absolute Gasteiger partial charge is 0.382 e. The van der Waals surface area contributed by atoms with Gasteiger partial charge in [-0.3, -0.25) is 4.79 Å². The molecule has 0 aromatic heterocycles. The van der Waals surface area contributed by atoms with E-state index in [0.717, 1.165) is 0 Å². The Labute approximate surface area is 69.1 Å². The van der Waals surface area contributed by atoms with E-state index < -0.39 is 18.1 Å². The average molecular weight is 172 g/mol. The second-order valence-electron chi connectivity index (χ2n) is 2.47. The number of rotatable bonds is 0. The third-order valence-electron chi connectivity index (χ3n) is 1.53. The monoisotopic (exact) mass is 172 g/mol. The van der Waals surface area contributed by atoms with Gasteiger partial charge in [-0.05, 0) is 0 Å². The van der Waals surface area contributed by atoms with Crippen molar-refractivity contribution in [2.24, 2.45) is 22.9 Å². The number of nitrogens with two attached hydrogens (primary N) is 4. The number of hydrogen-bond acceptors (Lipinski definition) is 7. The van der Waals surface area contributed by atoms with Crippen LogP contribution in [0.3, 0.4) is 0 Å². The number of nitrogens with one attached hydrogen (secondary N) is 2. The van der Waals surface area contributed by atoms with Gasteiger partial charge in [-0.1, -0.05) is 0 Å². The molecule has 0 aromatic carbocycles. The third-order valence-corrected chi connectivity index (χ3v) is 1.53. The van der Waals surface area contributed by atoms with Crippen LogP contribution in [0, 0.1) is 0 Å². The molecule has 0 aliphatic carbocycles. The molecule has 0 fully saturated rings. The van der Waals surface area contributed by atoms with Crippen LogP contribution in [0.15, 0.2) is 11.6 Å². The second-order valence-corrected chi connectivity index (χ2v) is 2.47. The van der Waals surface area contributed by atoms with Crippen molar-refractivity contribution in [3.8, 4) is 0 Å². The Balaban J connectivity index is 2.86. The van der Waals surface area contributed by atoms with Crippen molar-refractivity contribution in [2.45, 2.75) is 12.3 Å². The lowest BCUT2D eigenvalue weighted by atomic mass is 10.2. The van der Waals surface area contributed by atoms with Crippen LogP contribution in [-0.4, -0.2) is 18.1 Å².